The molecule has 0 amide bonds. The maximum Gasteiger partial charge on any atom is 0.0715 e. The molecule has 11 heavy (non-hydrogen) atoms. The molecule has 0 aromatic rings. The molecule has 0 saturated heterocycles. The second kappa shape index (κ2) is 3.55. The zero-order valence-corrected chi connectivity index (χ0v) is 8.02. The van der Waals surface area contributed by atoms with Gasteiger partial charge in [-0.05, 0) is 12.8 Å². The van der Waals surface area contributed by atoms with Crippen LogP contribution < -0.4 is 0 Å². The Morgan fingerprint density at radius 2 is 1.45 bits per heavy atom. The van der Waals surface area contributed by atoms with Gasteiger partial charge in [0.15, 0.2) is 0 Å². The van der Waals surface area contributed by atoms with Gasteiger partial charge in [-0.2, -0.15) is 0 Å². The van der Waals surface area contributed by atoms with Gasteiger partial charge in [-0.15, -0.1) is 0 Å². The molecule has 0 aliphatic rings. The van der Waals surface area contributed by atoms with Gasteiger partial charge < -0.3 is 10.2 Å². The molecule has 0 rings (SSSR count). The Hall–Kier alpha value is -0.0800. The van der Waals surface area contributed by atoms with Crippen LogP contribution >= 0.6 is 0 Å². The topological polar surface area (TPSA) is 40.5 Å². The van der Waals surface area contributed by atoms with Crippen LogP contribution in [0.15, 0.2) is 0 Å². The lowest BCUT2D eigenvalue weighted by molar-refractivity contribution is -0.0954. The molecule has 0 saturated carbocycles. The van der Waals surface area contributed by atoms with Gasteiger partial charge in [0.25, 0.3) is 0 Å². The van der Waals surface area contributed by atoms with E-state index < -0.39 is 11.0 Å². The van der Waals surface area contributed by atoms with Gasteiger partial charge in [-0.1, -0.05) is 27.7 Å². The van der Waals surface area contributed by atoms with Crippen LogP contribution in [0.1, 0.15) is 40.5 Å². The average molecular weight is 160 g/mol. The van der Waals surface area contributed by atoms with Gasteiger partial charge in [0, 0.05) is 5.41 Å². The van der Waals surface area contributed by atoms with Crippen LogP contribution in [-0.2, 0) is 0 Å². The largest absolute Gasteiger partial charge is 0.396 e. The summed E-state index contributed by atoms with van der Waals surface area (Å²) in [6.07, 6.45) is 1.38. The summed E-state index contributed by atoms with van der Waals surface area (Å²) in [7, 11) is 0. The molecular weight excluding hydrogens is 140 g/mol. The van der Waals surface area contributed by atoms with E-state index in [2.05, 4.69) is 0 Å². The second-order valence-corrected chi connectivity index (χ2v) is 3.78. The monoisotopic (exact) mass is 160 g/mol. The predicted octanol–water partition coefficient (Wildman–Crippen LogP) is 1.56. The number of aliphatic hydroxyl groups is 2. The molecule has 2 N–H and O–H groups in total. The van der Waals surface area contributed by atoms with Crippen molar-refractivity contribution in [1.82, 2.24) is 0 Å². The zero-order chi connectivity index (χ0) is 9.12. The lowest BCUT2D eigenvalue weighted by Crippen LogP contribution is -2.45. The van der Waals surface area contributed by atoms with Crippen LogP contribution in [0.25, 0.3) is 0 Å². The second-order valence-electron chi connectivity index (χ2n) is 3.78. The molecule has 0 aromatic heterocycles. The fourth-order valence-electron chi connectivity index (χ4n) is 1.35. The molecule has 0 unspecified atom stereocenters. The highest BCUT2D eigenvalue weighted by Crippen LogP contribution is 2.35. The van der Waals surface area contributed by atoms with E-state index in [1.165, 1.54) is 0 Å². The van der Waals surface area contributed by atoms with Gasteiger partial charge in [0.1, 0.15) is 0 Å². The first-order chi connectivity index (χ1) is 4.93. The van der Waals surface area contributed by atoms with Crippen molar-refractivity contribution in [3.63, 3.8) is 0 Å². The normalized spacial score (nSPS) is 13.6. The molecule has 0 bridgehead atoms. The third-order valence-corrected chi connectivity index (χ3v) is 2.82. The minimum atomic E-state index is -0.720. The first-order valence-corrected chi connectivity index (χ1v) is 4.26. The van der Waals surface area contributed by atoms with Crippen LogP contribution in [0, 0.1) is 5.41 Å². The average Bonchev–Trinajstić information content (AvgIpc) is 2.02. The third kappa shape index (κ3) is 1.94. The molecule has 0 fully saturated rings. The van der Waals surface area contributed by atoms with Crippen molar-refractivity contribution in [2.24, 2.45) is 5.41 Å². The van der Waals surface area contributed by atoms with Gasteiger partial charge >= 0.3 is 0 Å². The Labute approximate surface area is 69.2 Å². The number of hydrogen-bond donors (Lipinski definition) is 2. The van der Waals surface area contributed by atoms with Crippen molar-refractivity contribution in [2.45, 2.75) is 46.1 Å². The first-order valence-electron chi connectivity index (χ1n) is 4.26. The summed E-state index contributed by atoms with van der Waals surface area (Å²) in [6.45, 7) is 7.70. The summed E-state index contributed by atoms with van der Waals surface area (Å²) < 4.78 is 0. The Kier molecular flexibility index (Phi) is 3.52. The maximum atomic E-state index is 10.00. The lowest BCUT2D eigenvalue weighted by atomic mass is 9.72. The highest BCUT2D eigenvalue weighted by Gasteiger charge is 2.39. The van der Waals surface area contributed by atoms with Crippen LogP contribution in [-0.4, -0.2) is 22.4 Å². The molecule has 2 heteroatoms. The fourth-order valence-corrected chi connectivity index (χ4v) is 1.35. The molecule has 0 aromatic carbocycles. The summed E-state index contributed by atoms with van der Waals surface area (Å²) in [6, 6.07) is 0. The van der Waals surface area contributed by atoms with E-state index in [-0.39, 0.29) is 6.61 Å². The molecule has 0 radical (unpaired) electrons. The molecule has 0 atom stereocenters. The maximum absolute atomic E-state index is 10.00. The van der Waals surface area contributed by atoms with Crippen LogP contribution in [0.4, 0.5) is 0 Å². The van der Waals surface area contributed by atoms with E-state index in [4.69, 9.17) is 5.11 Å². The minimum absolute atomic E-state index is 0.0329. The van der Waals surface area contributed by atoms with Gasteiger partial charge in [-0.3, -0.25) is 0 Å². The summed E-state index contributed by atoms with van der Waals surface area (Å²) in [4.78, 5) is 0. The van der Waals surface area contributed by atoms with Crippen molar-refractivity contribution in [2.75, 3.05) is 6.61 Å². The van der Waals surface area contributed by atoms with E-state index in [0.717, 1.165) is 0 Å². The summed E-state index contributed by atoms with van der Waals surface area (Å²) >= 11 is 0. The number of aliphatic hydroxyl groups excluding tert-OH is 1. The Bertz CT molecular complexity index is 115. The highest BCUT2D eigenvalue weighted by atomic mass is 16.3. The summed E-state index contributed by atoms with van der Waals surface area (Å²) in [5.74, 6) is 0. The van der Waals surface area contributed by atoms with Gasteiger partial charge in [-0.25, -0.2) is 0 Å². The third-order valence-electron chi connectivity index (χ3n) is 2.82. The van der Waals surface area contributed by atoms with Crippen LogP contribution in [0.5, 0.6) is 0 Å². The molecule has 2 nitrogen and oxygen atoms in total. The zero-order valence-electron chi connectivity index (χ0n) is 8.02. The summed E-state index contributed by atoms with van der Waals surface area (Å²) in [5.41, 5.74) is -1.11. The van der Waals surface area contributed by atoms with Crippen molar-refractivity contribution in [1.29, 1.82) is 0 Å². The highest BCUT2D eigenvalue weighted by molar-refractivity contribution is 4.90. The van der Waals surface area contributed by atoms with Crippen molar-refractivity contribution in [3.8, 4) is 0 Å². The molecule has 0 spiro atoms. The van der Waals surface area contributed by atoms with Crippen molar-refractivity contribution >= 4 is 0 Å². The van der Waals surface area contributed by atoms with E-state index >= 15 is 0 Å². The minimum Gasteiger partial charge on any atom is -0.396 e. The smallest absolute Gasteiger partial charge is 0.0715 e. The molecule has 0 heterocycles. The lowest BCUT2D eigenvalue weighted by Gasteiger charge is -2.40. The van der Waals surface area contributed by atoms with Crippen molar-refractivity contribution < 1.29 is 10.2 Å². The first kappa shape index (κ1) is 10.9. The van der Waals surface area contributed by atoms with E-state index in [9.17, 15) is 5.11 Å². The number of hydrogen-bond acceptors (Lipinski definition) is 2. The van der Waals surface area contributed by atoms with Crippen LogP contribution in [0.2, 0.25) is 0 Å². The van der Waals surface area contributed by atoms with Gasteiger partial charge in [0.2, 0.25) is 0 Å². The quantitative estimate of drug-likeness (QED) is 0.655. The van der Waals surface area contributed by atoms with E-state index in [0.29, 0.717) is 12.8 Å². The Morgan fingerprint density at radius 1 is 1.09 bits per heavy atom. The van der Waals surface area contributed by atoms with Gasteiger partial charge in [0.05, 0.1) is 12.2 Å². The van der Waals surface area contributed by atoms with E-state index in [1.54, 1.807) is 0 Å². The summed E-state index contributed by atoms with van der Waals surface area (Å²) in [5, 5.41) is 19.0. The van der Waals surface area contributed by atoms with E-state index in [1.807, 2.05) is 27.7 Å². The molecule has 0 aliphatic heterocycles. The standard InChI is InChI=1S/C9H20O2/c1-5-9(11,6-2)8(3,4)7-10/h10-11H,5-7H2,1-4H3. The van der Waals surface area contributed by atoms with Crippen LogP contribution in [0.3, 0.4) is 0 Å². The van der Waals surface area contributed by atoms with Crippen molar-refractivity contribution in [3.05, 3.63) is 0 Å². The molecule has 68 valence electrons. The Morgan fingerprint density at radius 3 is 1.55 bits per heavy atom. The molecule has 0 aliphatic carbocycles. The Balaban J connectivity index is 4.47. The predicted molar refractivity (Wildman–Crippen MR) is 46.4 cm³/mol. The SMILES string of the molecule is CCC(O)(CC)C(C)(C)CO. The number of rotatable bonds is 4. The molecular formula is C9H20O2. The fraction of sp³-hybridized carbons (Fsp3) is 1.00.